The largest absolute Gasteiger partial charge is 0.504 e. The molecule has 47 heavy (non-hydrogen) atoms. The number of aromatic hydroxyl groups is 1. The number of carbonyl (C=O) groups is 1. The van der Waals surface area contributed by atoms with Gasteiger partial charge in [-0.15, -0.1) is 0 Å². The average Bonchev–Trinajstić information content (AvgIpc) is 3.04. The maximum Gasteiger partial charge on any atom is 0.303 e. The Bertz CT molecular complexity index is 1620. The van der Waals surface area contributed by atoms with Gasteiger partial charge in [-0.3, -0.25) is 9.59 Å². The number of methoxy groups -OCH3 is 2. The van der Waals surface area contributed by atoms with Crippen molar-refractivity contribution in [3.63, 3.8) is 0 Å². The molecule has 0 unspecified atom stereocenters. The number of ether oxygens (including phenoxy) is 7. The van der Waals surface area contributed by atoms with E-state index in [1.54, 1.807) is 24.3 Å². The lowest BCUT2D eigenvalue weighted by Crippen LogP contribution is -2.62. The number of phenolic OH excluding ortho intramolecular Hbond substituents is 1. The number of phenols is 1. The minimum absolute atomic E-state index is 0.107. The van der Waals surface area contributed by atoms with Gasteiger partial charge in [0, 0.05) is 24.6 Å². The maximum absolute atomic E-state index is 13.1. The number of hydrogen-bond acceptors (Lipinski definition) is 16. The first-order valence-electron chi connectivity index (χ1n) is 14.5. The first-order valence-corrected chi connectivity index (χ1v) is 14.5. The van der Waals surface area contributed by atoms with E-state index in [0.717, 1.165) is 6.92 Å². The topological polar surface area (TPSA) is 233 Å². The van der Waals surface area contributed by atoms with Gasteiger partial charge in [0.1, 0.15) is 59.1 Å². The predicted molar refractivity (Wildman–Crippen MR) is 158 cm³/mol. The van der Waals surface area contributed by atoms with Crippen LogP contribution in [-0.4, -0.2) is 119 Å². The Hall–Kier alpha value is -4.00. The van der Waals surface area contributed by atoms with Crippen molar-refractivity contribution < 1.29 is 73.0 Å². The second-order valence-electron chi connectivity index (χ2n) is 11.1. The first-order chi connectivity index (χ1) is 22.3. The summed E-state index contributed by atoms with van der Waals surface area (Å²) in [4.78, 5) is 24.5. The van der Waals surface area contributed by atoms with Crippen LogP contribution in [0.15, 0.2) is 45.6 Å². The summed E-state index contributed by atoms with van der Waals surface area (Å²) in [5.41, 5.74) is -0.165. The van der Waals surface area contributed by atoms with E-state index in [0.29, 0.717) is 11.3 Å². The van der Waals surface area contributed by atoms with E-state index in [1.165, 1.54) is 33.3 Å². The molecule has 2 fully saturated rings. The van der Waals surface area contributed by atoms with E-state index in [9.17, 15) is 40.2 Å². The highest BCUT2D eigenvalue weighted by atomic mass is 16.7. The molecule has 6 N–H and O–H groups in total. The van der Waals surface area contributed by atoms with Crippen LogP contribution >= 0.6 is 0 Å². The van der Waals surface area contributed by atoms with E-state index in [1.807, 2.05) is 0 Å². The molecular formula is C31H36O16. The van der Waals surface area contributed by atoms with Crippen LogP contribution in [0.4, 0.5) is 0 Å². The number of hydrogen-bond donors (Lipinski definition) is 6. The lowest BCUT2D eigenvalue weighted by Gasteiger charge is -2.43. The number of fused-ring (bicyclic) bond motifs is 1. The zero-order chi connectivity index (χ0) is 34.2. The van der Waals surface area contributed by atoms with E-state index < -0.39 is 85.2 Å². The van der Waals surface area contributed by atoms with Crippen LogP contribution in [0.1, 0.15) is 13.8 Å². The molecule has 1 aromatic heterocycles. The SMILES string of the molecule is COc1ccc(-c2cc(=O)c3c(O)c(OC)c(O[C@@H]4O[C@H](CO[C@@H]5O[C@@H](C)[C@H](O)[C@@H](OC(C)=O)[C@H]5O)[C@@H](O)[C@H](O)[C@H]4O)cc3o2)cc1. The van der Waals surface area contributed by atoms with Gasteiger partial charge in [-0.05, 0) is 31.2 Å². The Morgan fingerprint density at radius 2 is 1.57 bits per heavy atom. The van der Waals surface area contributed by atoms with E-state index >= 15 is 0 Å². The van der Waals surface area contributed by atoms with E-state index in [4.69, 9.17) is 37.6 Å². The number of rotatable bonds is 9. The molecule has 5 rings (SSSR count). The highest BCUT2D eigenvalue weighted by Gasteiger charge is 2.48. The lowest BCUT2D eigenvalue weighted by molar-refractivity contribution is -0.319. The summed E-state index contributed by atoms with van der Waals surface area (Å²) in [5.74, 6) is -1.19. The first kappa shape index (κ1) is 34.3. The molecule has 2 aliphatic rings. The van der Waals surface area contributed by atoms with Crippen LogP contribution in [-0.2, 0) is 23.7 Å². The molecule has 0 amide bonds. The molecule has 0 bridgehead atoms. The molecule has 3 aromatic rings. The molecule has 2 saturated heterocycles. The third-order valence-electron chi connectivity index (χ3n) is 7.91. The Morgan fingerprint density at radius 3 is 2.21 bits per heavy atom. The van der Waals surface area contributed by atoms with Crippen LogP contribution in [0.3, 0.4) is 0 Å². The van der Waals surface area contributed by atoms with Crippen LogP contribution in [0.5, 0.6) is 23.0 Å². The van der Waals surface area contributed by atoms with Crippen molar-refractivity contribution >= 4 is 16.9 Å². The average molecular weight is 665 g/mol. The standard InChI is InChI=1S/C31H36O16/c1-12-22(34)29(44-13(2)32)27(39)30(43-12)42-11-20-23(35)25(37)26(38)31(47-20)46-19-10-18-21(24(36)28(19)41-4)16(33)9-17(45-18)14-5-7-15(40-3)8-6-14/h5-10,12,20,22-23,25-27,29-31,34-39H,11H2,1-4H3/t12-,20+,22-,23+,25-,26+,27+,29+,30+,31+/m0/s1. The number of aliphatic hydroxyl groups is 5. The molecule has 0 spiro atoms. The molecule has 0 saturated carbocycles. The zero-order valence-corrected chi connectivity index (χ0v) is 25.7. The fourth-order valence-electron chi connectivity index (χ4n) is 5.38. The number of aliphatic hydroxyl groups excluding tert-OH is 5. The molecule has 10 atom stereocenters. The Balaban J connectivity index is 1.39. The second kappa shape index (κ2) is 14.0. The van der Waals surface area contributed by atoms with Gasteiger partial charge in [-0.2, -0.15) is 0 Å². The van der Waals surface area contributed by atoms with Gasteiger partial charge >= 0.3 is 5.97 Å². The summed E-state index contributed by atoms with van der Waals surface area (Å²) in [7, 11) is 2.71. The maximum atomic E-state index is 13.1. The smallest absolute Gasteiger partial charge is 0.303 e. The van der Waals surface area contributed by atoms with E-state index in [2.05, 4.69) is 0 Å². The van der Waals surface area contributed by atoms with Crippen molar-refractivity contribution in [2.45, 2.75) is 75.3 Å². The Morgan fingerprint density at radius 1 is 0.872 bits per heavy atom. The van der Waals surface area contributed by atoms with Crippen LogP contribution in [0, 0.1) is 0 Å². The van der Waals surface area contributed by atoms with Crippen molar-refractivity contribution in [1.29, 1.82) is 0 Å². The molecule has 16 nitrogen and oxygen atoms in total. The summed E-state index contributed by atoms with van der Waals surface area (Å²) in [6, 6.07) is 9.11. The third-order valence-corrected chi connectivity index (χ3v) is 7.91. The monoisotopic (exact) mass is 664 g/mol. The predicted octanol–water partition coefficient (Wildman–Crippen LogP) is -0.216. The van der Waals surface area contributed by atoms with Crippen molar-refractivity contribution in [3.8, 4) is 34.3 Å². The fourth-order valence-corrected chi connectivity index (χ4v) is 5.38. The van der Waals surface area contributed by atoms with Crippen LogP contribution in [0.25, 0.3) is 22.3 Å². The van der Waals surface area contributed by atoms with Crippen molar-refractivity contribution in [2.24, 2.45) is 0 Å². The fraction of sp³-hybridized carbons (Fsp3) is 0.484. The van der Waals surface area contributed by atoms with Crippen molar-refractivity contribution in [2.75, 3.05) is 20.8 Å². The highest BCUT2D eigenvalue weighted by molar-refractivity contribution is 5.89. The summed E-state index contributed by atoms with van der Waals surface area (Å²) in [6.45, 7) is 2.03. The quantitative estimate of drug-likeness (QED) is 0.162. The normalized spacial score (nSPS) is 30.9. The molecular weight excluding hydrogens is 628 g/mol. The molecule has 0 aliphatic carbocycles. The Kier molecular flexibility index (Phi) is 10.2. The summed E-state index contributed by atoms with van der Waals surface area (Å²) in [5, 5.41) is 63.7. The van der Waals surface area contributed by atoms with E-state index in [-0.39, 0.29) is 28.2 Å². The van der Waals surface area contributed by atoms with Crippen LogP contribution < -0.4 is 19.6 Å². The summed E-state index contributed by atoms with van der Waals surface area (Å²) < 4.78 is 44.0. The number of benzene rings is 2. The molecule has 16 heteroatoms. The third kappa shape index (κ3) is 6.86. The van der Waals surface area contributed by atoms with Gasteiger partial charge < -0.3 is 68.2 Å². The lowest BCUT2D eigenvalue weighted by atomic mass is 9.98. The number of carbonyl (C=O) groups excluding carboxylic acids is 1. The van der Waals surface area contributed by atoms with Gasteiger partial charge in [0.15, 0.2) is 29.3 Å². The van der Waals surface area contributed by atoms with Gasteiger partial charge in [0.05, 0.1) is 26.9 Å². The number of esters is 1. The van der Waals surface area contributed by atoms with Crippen LogP contribution in [0.2, 0.25) is 0 Å². The zero-order valence-electron chi connectivity index (χ0n) is 25.7. The second-order valence-corrected chi connectivity index (χ2v) is 11.1. The van der Waals surface area contributed by atoms with Gasteiger partial charge in [0.25, 0.3) is 0 Å². The molecule has 3 heterocycles. The van der Waals surface area contributed by atoms with Gasteiger partial charge in [-0.25, -0.2) is 0 Å². The minimum atomic E-state index is -1.83. The van der Waals surface area contributed by atoms with Gasteiger partial charge in [0.2, 0.25) is 12.0 Å². The van der Waals surface area contributed by atoms with Gasteiger partial charge in [-0.1, -0.05) is 0 Å². The van der Waals surface area contributed by atoms with Crippen molar-refractivity contribution in [1.82, 2.24) is 0 Å². The molecule has 0 radical (unpaired) electrons. The van der Waals surface area contributed by atoms with Crippen molar-refractivity contribution in [3.05, 3.63) is 46.6 Å². The molecule has 2 aliphatic heterocycles. The minimum Gasteiger partial charge on any atom is -0.504 e. The Labute approximate surface area is 267 Å². The molecule has 2 aromatic carbocycles. The highest BCUT2D eigenvalue weighted by Crippen LogP contribution is 2.43. The summed E-state index contributed by atoms with van der Waals surface area (Å²) >= 11 is 0. The summed E-state index contributed by atoms with van der Waals surface area (Å²) in [6.07, 6.45) is -15.2. The molecule has 256 valence electrons.